The van der Waals surface area contributed by atoms with E-state index in [-0.39, 0.29) is 12.6 Å². The molecule has 1 heterocycles. The summed E-state index contributed by atoms with van der Waals surface area (Å²) in [7, 11) is 2.01. The van der Waals surface area contributed by atoms with Crippen LogP contribution < -0.4 is 4.74 Å². The molecule has 128 valence electrons. The van der Waals surface area contributed by atoms with Crippen LogP contribution in [0, 0.1) is 0 Å². The van der Waals surface area contributed by atoms with E-state index in [4.69, 9.17) is 21.4 Å². The number of ether oxygens (including phenoxy) is 1. The third kappa shape index (κ3) is 5.51. The van der Waals surface area contributed by atoms with Crippen molar-refractivity contribution in [1.29, 1.82) is 0 Å². The lowest BCUT2D eigenvalue weighted by Gasteiger charge is -2.25. The number of carboxylic acid groups (broad SMARTS) is 1. The van der Waals surface area contributed by atoms with Crippen LogP contribution in [0.25, 0.3) is 0 Å². The van der Waals surface area contributed by atoms with Gasteiger partial charge in [-0.25, -0.2) is 4.79 Å². The third-order valence-corrected chi connectivity index (χ3v) is 4.01. The van der Waals surface area contributed by atoms with E-state index >= 15 is 0 Å². The first-order valence-electron chi connectivity index (χ1n) is 7.69. The lowest BCUT2D eigenvalue weighted by Crippen LogP contribution is -2.31. The highest BCUT2D eigenvalue weighted by Gasteiger charge is 2.14. The molecule has 0 bridgehead atoms. The number of carbonyl (C=O) groups is 1. The van der Waals surface area contributed by atoms with Crippen LogP contribution in [0.5, 0.6) is 5.75 Å². The van der Waals surface area contributed by atoms with E-state index in [1.54, 1.807) is 18.3 Å². The van der Waals surface area contributed by atoms with Crippen molar-refractivity contribution in [3.05, 3.63) is 58.9 Å². The minimum Gasteiger partial charge on any atom is -0.482 e. The average molecular weight is 349 g/mol. The predicted molar refractivity (Wildman–Crippen MR) is 93.5 cm³/mol. The second-order valence-electron chi connectivity index (χ2n) is 5.72. The number of aromatic nitrogens is 1. The zero-order valence-corrected chi connectivity index (χ0v) is 14.5. The molecule has 1 N–H and O–H groups in total. The van der Waals surface area contributed by atoms with Gasteiger partial charge in [0.2, 0.25) is 0 Å². The Hall–Kier alpha value is -2.11. The van der Waals surface area contributed by atoms with Crippen molar-refractivity contribution in [3.63, 3.8) is 0 Å². The van der Waals surface area contributed by atoms with E-state index in [0.717, 1.165) is 17.7 Å². The van der Waals surface area contributed by atoms with Crippen LogP contribution in [-0.2, 0) is 17.8 Å². The van der Waals surface area contributed by atoms with E-state index < -0.39 is 5.97 Å². The lowest BCUT2D eigenvalue weighted by atomic mass is 10.1. The average Bonchev–Trinajstić information content (AvgIpc) is 2.54. The molecule has 0 radical (unpaired) electrons. The highest BCUT2D eigenvalue weighted by atomic mass is 35.5. The first-order chi connectivity index (χ1) is 11.5. The summed E-state index contributed by atoms with van der Waals surface area (Å²) < 4.78 is 5.36. The molecular weight excluding hydrogens is 328 g/mol. The van der Waals surface area contributed by atoms with Crippen molar-refractivity contribution < 1.29 is 14.6 Å². The molecule has 0 spiro atoms. The van der Waals surface area contributed by atoms with Crippen LogP contribution in [0.3, 0.4) is 0 Å². The monoisotopic (exact) mass is 348 g/mol. The van der Waals surface area contributed by atoms with Crippen molar-refractivity contribution in [1.82, 2.24) is 9.88 Å². The van der Waals surface area contributed by atoms with Gasteiger partial charge in [0.1, 0.15) is 5.75 Å². The van der Waals surface area contributed by atoms with Gasteiger partial charge in [0.05, 0.1) is 0 Å². The number of likely N-dealkylation sites (N-methyl/N-ethyl adjacent to an activating group) is 1. The maximum absolute atomic E-state index is 10.7. The highest BCUT2D eigenvalue weighted by molar-refractivity contribution is 6.30. The van der Waals surface area contributed by atoms with E-state index in [1.807, 2.05) is 31.3 Å². The standard InChI is InChI=1S/C18H21ClN2O3/c1-13(9-16-5-3-4-8-20-16)21(2)11-14-10-15(19)6-7-17(14)24-12-18(22)23/h3-8,10,13H,9,11-12H2,1-2H3,(H,22,23). The fourth-order valence-corrected chi connectivity index (χ4v) is 2.55. The highest BCUT2D eigenvalue weighted by Crippen LogP contribution is 2.25. The number of benzene rings is 1. The smallest absolute Gasteiger partial charge is 0.341 e. The second kappa shape index (κ2) is 8.66. The molecule has 1 atom stereocenters. The van der Waals surface area contributed by atoms with Gasteiger partial charge in [0, 0.05) is 41.5 Å². The summed E-state index contributed by atoms with van der Waals surface area (Å²) in [6, 6.07) is 11.3. The first kappa shape index (κ1) is 18.2. The Bertz CT molecular complexity index is 679. The van der Waals surface area contributed by atoms with Crippen molar-refractivity contribution >= 4 is 17.6 Å². The summed E-state index contributed by atoms with van der Waals surface area (Å²) in [6.45, 7) is 2.35. The summed E-state index contributed by atoms with van der Waals surface area (Å²) in [5.41, 5.74) is 1.89. The number of pyridine rings is 1. The molecule has 5 nitrogen and oxygen atoms in total. The molecular formula is C18H21ClN2O3. The Kier molecular flexibility index (Phi) is 6.58. The molecule has 0 fully saturated rings. The molecule has 6 heteroatoms. The Morgan fingerprint density at radius 2 is 2.17 bits per heavy atom. The molecule has 1 aromatic heterocycles. The van der Waals surface area contributed by atoms with Crippen molar-refractivity contribution in [2.75, 3.05) is 13.7 Å². The van der Waals surface area contributed by atoms with Crippen molar-refractivity contribution in [2.45, 2.75) is 25.9 Å². The Balaban J connectivity index is 2.05. The van der Waals surface area contributed by atoms with Crippen LogP contribution in [-0.4, -0.2) is 40.7 Å². The number of hydrogen-bond acceptors (Lipinski definition) is 4. The van der Waals surface area contributed by atoms with Gasteiger partial charge >= 0.3 is 5.97 Å². The van der Waals surface area contributed by atoms with Crippen molar-refractivity contribution in [3.8, 4) is 5.75 Å². The zero-order valence-electron chi connectivity index (χ0n) is 13.8. The number of halogens is 1. The van der Waals surface area contributed by atoms with E-state index in [0.29, 0.717) is 17.3 Å². The molecule has 0 amide bonds. The van der Waals surface area contributed by atoms with Gasteiger partial charge in [0.15, 0.2) is 6.61 Å². The number of carboxylic acids is 1. The molecule has 1 aromatic carbocycles. The van der Waals surface area contributed by atoms with Crippen LogP contribution in [0.2, 0.25) is 5.02 Å². The molecule has 24 heavy (non-hydrogen) atoms. The van der Waals surface area contributed by atoms with Gasteiger partial charge in [-0.05, 0) is 44.3 Å². The summed E-state index contributed by atoms with van der Waals surface area (Å²) in [5, 5.41) is 9.38. The van der Waals surface area contributed by atoms with Crippen LogP contribution in [0.15, 0.2) is 42.6 Å². The molecule has 0 aliphatic heterocycles. The molecule has 0 saturated carbocycles. The number of hydrogen-bond donors (Lipinski definition) is 1. The largest absolute Gasteiger partial charge is 0.482 e. The Morgan fingerprint density at radius 1 is 1.38 bits per heavy atom. The molecule has 2 aromatic rings. The lowest BCUT2D eigenvalue weighted by molar-refractivity contribution is -0.139. The van der Waals surface area contributed by atoms with Crippen LogP contribution in [0.4, 0.5) is 0 Å². The number of nitrogens with zero attached hydrogens (tertiary/aromatic N) is 2. The fourth-order valence-electron chi connectivity index (χ4n) is 2.35. The van der Waals surface area contributed by atoms with Crippen molar-refractivity contribution in [2.24, 2.45) is 0 Å². The van der Waals surface area contributed by atoms with Crippen LogP contribution in [0.1, 0.15) is 18.2 Å². The molecule has 0 saturated heterocycles. The maximum atomic E-state index is 10.7. The third-order valence-electron chi connectivity index (χ3n) is 3.78. The first-order valence-corrected chi connectivity index (χ1v) is 8.06. The van der Waals surface area contributed by atoms with Gasteiger partial charge in [0.25, 0.3) is 0 Å². The minimum absolute atomic E-state index is 0.256. The van der Waals surface area contributed by atoms with E-state index in [9.17, 15) is 4.79 Å². The SMILES string of the molecule is CC(Cc1ccccn1)N(C)Cc1cc(Cl)ccc1OCC(=O)O. The maximum Gasteiger partial charge on any atom is 0.341 e. The quantitative estimate of drug-likeness (QED) is 0.793. The Labute approximate surface area is 146 Å². The van der Waals surface area contributed by atoms with E-state index in [2.05, 4.69) is 16.8 Å². The molecule has 0 aliphatic rings. The van der Waals surface area contributed by atoms with Gasteiger partial charge < -0.3 is 9.84 Å². The zero-order chi connectivity index (χ0) is 17.5. The summed E-state index contributed by atoms with van der Waals surface area (Å²) in [6.07, 6.45) is 2.61. The summed E-state index contributed by atoms with van der Waals surface area (Å²) >= 11 is 6.07. The summed E-state index contributed by atoms with van der Waals surface area (Å²) in [4.78, 5) is 17.2. The topological polar surface area (TPSA) is 62.7 Å². The van der Waals surface area contributed by atoms with Gasteiger partial charge in [-0.15, -0.1) is 0 Å². The van der Waals surface area contributed by atoms with Gasteiger partial charge in [-0.3, -0.25) is 9.88 Å². The van der Waals surface area contributed by atoms with Gasteiger partial charge in [-0.1, -0.05) is 17.7 Å². The number of aliphatic carboxylic acids is 1. The predicted octanol–water partition coefficient (Wildman–Crippen LogP) is 3.26. The molecule has 0 aliphatic carbocycles. The second-order valence-corrected chi connectivity index (χ2v) is 6.16. The summed E-state index contributed by atoms with van der Waals surface area (Å²) in [5.74, 6) is -0.466. The minimum atomic E-state index is -1.01. The van der Waals surface area contributed by atoms with E-state index in [1.165, 1.54) is 0 Å². The molecule has 2 rings (SSSR count). The fraction of sp³-hybridized carbons (Fsp3) is 0.333. The van der Waals surface area contributed by atoms with Crippen LogP contribution >= 0.6 is 11.6 Å². The Morgan fingerprint density at radius 3 is 2.83 bits per heavy atom. The van der Waals surface area contributed by atoms with Gasteiger partial charge in [-0.2, -0.15) is 0 Å². The molecule has 1 unspecified atom stereocenters. The number of rotatable bonds is 8. The normalized spacial score (nSPS) is 12.2.